The number of nitriles is 1. The lowest BCUT2D eigenvalue weighted by molar-refractivity contribution is 0.416. The molecule has 0 unspecified atom stereocenters. The predicted molar refractivity (Wildman–Crippen MR) is 75.4 cm³/mol. The number of hydrogen-bond donors (Lipinski definition) is 1. The highest BCUT2D eigenvalue weighted by Gasteiger charge is 2.09. The molecule has 6 nitrogen and oxygen atoms in total. The molecule has 0 aliphatic heterocycles. The second kappa shape index (κ2) is 6.06. The van der Waals surface area contributed by atoms with E-state index >= 15 is 0 Å². The third-order valence-corrected chi connectivity index (χ3v) is 2.90. The zero-order chi connectivity index (χ0) is 14.5. The van der Waals surface area contributed by atoms with Crippen molar-refractivity contribution in [2.24, 2.45) is 0 Å². The first-order valence-corrected chi connectivity index (χ1v) is 6.36. The van der Waals surface area contributed by atoms with Crippen LogP contribution < -0.4 is 10.1 Å². The monoisotopic (exact) mass is 271 g/mol. The minimum absolute atomic E-state index is 0.261. The van der Waals surface area contributed by atoms with Crippen molar-refractivity contribution < 1.29 is 4.74 Å². The Morgan fingerprint density at radius 3 is 2.90 bits per heavy atom. The van der Waals surface area contributed by atoms with Crippen molar-refractivity contribution in [3.63, 3.8) is 0 Å². The average Bonchev–Trinajstić information content (AvgIpc) is 2.93. The summed E-state index contributed by atoms with van der Waals surface area (Å²) < 4.78 is 7.14. The van der Waals surface area contributed by atoms with Crippen LogP contribution in [-0.4, -0.2) is 21.9 Å². The van der Waals surface area contributed by atoms with E-state index in [9.17, 15) is 0 Å². The summed E-state index contributed by atoms with van der Waals surface area (Å²) in [6, 6.07) is 7.63. The number of aromatic nitrogens is 3. The molecule has 0 aliphatic carbocycles. The number of ether oxygens (including phenoxy) is 1. The Balaban J connectivity index is 2.15. The molecule has 0 bridgehead atoms. The summed E-state index contributed by atoms with van der Waals surface area (Å²) in [5, 5.41) is 16.3. The maximum Gasteiger partial charge on any atom is 0.146 e. The molecule has 0 amide bonds. The van der Waals surface area contributed by atoms with Gasteiger partial charge in [0.25, 0.3) is 0 Å². The van der Waals surface area contributed by atoms with Gasteiger partial charge in [0, 0.05) is 12.1 Å². The number of anilines is 1. The molecule has 0 atom stereocenters. The normalized spacial score (nSPS) is 10.3. The minimum atomic E-state index is 0.261. The van der Waals surface area contributed by atoms with Crippen LogP contribution in [0.2, 0.25) is 0 Å². The van der Waals surface area contributed by atoms with Crippen molar-refractivity contribution in [2.45, 2.75) is 26.4 Å². The lowest BCUT2D eigenvalue weighted by Crippen LogP contribution is -2.12. The summed E-state index contributed by atoms with van der Waals surface area (Å²) in [6.07, 6.45) is 1.55. The van der Waals surface area contributed by atoms with Crippen molar-refractivity contribution in [1.82, 2.24) is 14.8 Å². The molecule has 1 aromatic carbocycles. The summed E-state index contributed by atoms with van der Waals surface area (Å²) >= 11 is 0. The van der Waals surface area contributed by atoms with Gasteiger partial charge in [0.05, 0.1) is 31.0 Å². The van der Waals surface area contributed by atoms with Crippen LogP contribution in [0.4, 0.5) is 5.69 Å². The topological polar surface area (TPSA) is 75.8 Å². The molecule has 2 aromatic rings. The molecule has 0 saturated heterocycles. The highest BCUT2D eigenvalue weighted by molar-refractivity contribution is 5.59. The molecule has 20 heavy (non-hydrogen) atoms. The summed E-state index contributed by atoms with van der Waals surface area (Å²) in [6.45, 7) is 4.65. The zero-order valence-corrected chi connectivity index (χ0v) is 11.8. The first kappa shape index (κ1) is 13.9. The van der Waals surface area contributed by atoms with E-state index in [2.05, 4.69) is 35.3 Å². The van der Waals surface area contributed by atoms with Crippen LogP contribution in [0.3, 0.4) is 0 Å². The molecular formula is C14H17N5O. The Morgan fingerprint density at radius 1 is 1.45 bits per heavy atom. The predicted octanol–water partition coefficient (Wildman–Crippen LogP) is 2.35. The molecular weight excluding hydrogens is 254 g/mol. The fourth-order valence-corrected chi connectivity index (χ4v) is 1.91. The molecule has 0 aliphatic rings. The van der Waals surface area contributed by atoms with E-state index in [0.717, 1.165) is 11.5 Å². The lowest BCUT2D eigenvalue weighted by atomic mass is 10.2. The van der Waals surface area contributed by atoms with E-state index < -0.39 is 0 Å². The summed E-state index contributed by atoms with van der Waals surface area (Å²) in [7, 11) is 1.58. The van der Waals surface area contributed by atoms with Crippen LogP contribution >= 0.6 is 0 Å². The fourth-order valence-electron chi connectivity index (χ4n) is 1.91. The van der Waals surface area contributed by atoms with Crippen LogP contribution in [-0.2, 0) is 6.54 Å². The first-order chi connectivity index (χ1) is 9.65. The SMILES string of the molecule is COc1cc(C#N)ccc1NCc1ncnn1C(C)C. The van der Waals surface area contributed by atoms with Crippen LogP contribution in [0, 0.1) is 11.3 Å². The Bertz CT molecular complexity index is 627. The molecule has 0 spiro atoms. The van der Waals surface area contributed by atoms with Gasteiger partial charge >= 0.3 is 0 Å². The van der Waals surface area contributed by atoms with E-state index in [-0.39, 0.29) is 6.04 Å². The molecule has 0 radical (unpaired) electrons. The van der Waals surface area contributed by atoms with Crippen LogP contribution in [0.25, 0.3) is 0 Å². The smallest absolute Gasteiger partial charge is 0.146 e. The van der Waals surface area contributed by atoms with E-state index in [1.165, 1.54) is 0 Å². The van der Waals surface area contributed by atoms with Gasteiger partial charge in [-0.2, -0.15) is 10.4 Å². The largest absolute Gasteiger partial charge is 0.495 e. The maximum atomic E-state index is 8.88. The molecule has 1 N–H and O–H groups in total. The zero-order valence-electron chi connectivity index (χ0n) is 11.8. The van der Waals surface area contributed by atoms with Crippen molar-refractivity contribution >= 4 is 5.69 Å². The van der Waals surface area contributed by atoms with Crippen LogP contribution in [0.15, 0.2) is 24.5 Å². The third-order valence-electron chi connectivity index (χ3n) is 2.90. The molecule has 104 valence electrons. The quantitative estimate of drug-likeness (QED) is 0.903. The fraction of sp³-hybridized carbons (Fsp3) is 0.357. The molecule has 2 rings (SSSR count). The number of benzene rings is 1. The van der Waals surface area contributed by atoms with Gasteiger partial charge in [0.15, 0.2) is 0 Å². The standard InChI is InChI=1S/C14H17N5O/c1-10(2)19-14(17-9-18-19)8-16-12-5-4-11(7-15)6-13(12)20-3/h4-6,9-10,16H,8H2,1-3H3. The van der Waals surface area contributed by atoms with E-state index in [0.29, 0.717) is 17.9 Å². The molecule has 6 heteroatoms. The van der Waals surface area contributed by atoms with Crippen molar-refractivity contribution in [2.75, 3.05) is 12.4 Å². The van der Waals surface area contributed by atoms with Crippen molar-refractivity contribution in [3.05, 3.63) is 35.9 Å². The van der Waals surface area contributed by atoms with Gasteiger partial charge in [-0.25, -0.2) is 9.67 Å². The molecule has 1 heterocycles. The number of nitrogens with one attached hydrogen (secondary N) is 1. The highest BCUT2D eigenvalue weighted by atomic mass is 16.5. The number of rotatable bonds is 5. The second-order valence-electron chi connectivity index (χ2n) is 4.60. The number of hydrogen-bond acceptors (Lipinski definition) is 5. The summed E-state index contributed by atoms with van der Waals surface area (Å²) in [5.74, 6) is 1.49. The van der Waals surface area contributed by atoms with Gasteiger partial charge in [0.2, 0.25) is 0 Å². The molecule has 1 aromatic heterocycles. The van der Waals surface area contributed by atoms with Gasteiger partial charge in [-0.05, 0) is 26.0 Å². The number of nitrogens with zero attached hydrogens (tertiary/aromatic N) is 4. The van der Waals surface area contributed by atoms with Crippen molar-refractivity contribution in [1.29, 1.82) is 5.26 Å². The van der Waals surface area contributed by atoms with Crippen molar-refractivity contribution in [3.8, 4) is 11.8 Å². The third kappa shape index (κ3) is 2.88. The van der Waals surface area contributed by atoms with Gasteiger partial charge in [0.1, 0.15) is 17.9 Å². The minimum Gasteiger partial charge on any atom is -0.495 e. The van der Waals surface area contributed by atoms with Gasteiger partial charge in [-0.1, -0.05) is 0 Å². The highest BCUT2D eigenvalue weighted by Crippen LogP contribution is 2.25. The average molecular weight is 271 g/mol. The van der Waals surface area contributed by atoms with E-state index in [1.807, 2.05) is 10.7 Å². The Labute approximate surface area is 118 Å². The Kier molecular flexibility index (Phi) is 4.20. The molecule has 0 saturated carbocycles. The first-order valence-electron chi connectivity index (χ1n) is 6.36. The van der Waals surface area contributed by atoms with E-state index in [4.69, 9.17) is 10.00 Å². The van der Waals surface area contributed by atoms with Crippen LogP contribution in [0.5, 0.6) is 5.75 Å². The van der Waals surface area contributed by atoms with Gasteiger partial charge in [-0.3, -0.25) is 0 Å². The van der Waals surface area contributed by atoms with Gasteiger partial charge < -0.3 is 10.1 Å². The van der Waals surface area contributed by atoms with E-state index in [1.54, 1.807) is 25.6 Å². The number of methoxy groups -OCH3 is 1. The second-order valence-corrected chi connectivity index (χ2v) is 4.60. The maximum absolute atomic E-state index is 8.88. The summed E-state index contributed by atoms with van der Waals surface area (Å²) in [4.78, 5) is 4.24. The van der Waals surface area contributed by atoms with Crippen LogP contribution in [0.1, 0.15) is 31.3 Å². The lowest BCUT2D eigenvalue weighted by Gasteiger charge is -2.13. The Morgan fingerprint density at radius 2 is 2.25 bits per heavy atom. The molecule has 0 fully saturated rings. The van der Waals surface area contributed by atoms with Gasteiger partial charge in [-0.15, -0.1) is 0 Å². The summed E-state index contributed by atoms with van der Waals surface area (Å²) in [5.41, 5.74) is 1.39. The Hall–Kier alpha value is -2.55.